The highest BCUT2D eigenvalue weighted by atomic mass is 16.5. The Morgan fingerprint density at radius 2 is 1.62 bits per heavy atom. The van der Waals surface area contributed by atoms with Gasteiger partial charge >= 0.3 is 0 Å². The summed E-state index contributed by atoms with van der Waals surface area (Å²) >= 11 is 0. The molecule has 0 bridgehead atoms. The largest absolute Gasteiger partial charge is 0.497 e. The first-order chi connectivity index (χ1) is 14.2. The number of carbonyl (C=O) groups is 1. The third-order valence-electron chi connectivity index (χ3n) is 4.91. The van der Waals surface area contributed by atoms with Crippen molar-refractivity contribution in [3.8, 4) is 11.5 Å². The Morgan fingerprint density at radius 1 is 0.897 bits per heavy atom. The first-order valence-corrected chi connectivity index (χ1v) is 9.35. The van der Waals surface area contributed by atoms with Gasteiger partial charge in [0.15, 0.2) is 0 Å². The first kappa shape index (κ1) is 18.6. The molecule has 1 N–H and O–H groups in total. The summed E-state index contributed by atoms with van der Waals surface area (Å²) in [7, 11) is 3.27. The molecule has 5 heteroatoms. The third-order valence-corrected chi connectivity index (χ3v) is 4.91. The van der Waals surface area contributed by atoms with Crippen LogP contribution in [0, 0.1) is 0 Å². The van der Waals surface area contributed by atoms with E-state index < -0.39 is 0 Å². The molecule has 5 nitrogen and oxygen atoms in total. The van der Waals surface area contributed by atoms with Crippen molar-refractivity contribution in [1.29, 1.82) is 0 Å². The van der Waals surface area contributed by atoms with Crippen LogP contribution in [0.15, 0.2) is 78.9 Å². The lowest BCUT2D eigenvalue weighted by molar-refractivity contribution is 0.0980. The van der Waals surface area contributed by atoms with E-state index in [4.69, 9.17) is 9.47 Å². The molecule has 0 aromatic heterocycles. The Bertz CT molecular complexity index is 1040. The van der Waals surface area contributed by atoms with E-state index in [1.54, 1.807) is 19.1 Å². The smallest absolute Gasteiger partial charge is 0.262 e. The van der Waals surface area contributed by atoms with Gasteiger partial charge in [0.25, 0.3) is 5.91 Å². The van der Waals surface area contributed by atoms with E-state index in [0.29, 0.717) is 5.56 Å². The summed E-state index contributed by atoms with van der Waals surface area (Å²) in [6.45, 7) is 0. The number of methoxy groups -OCH3 is 2. The van der Waals surface area contributed by atoms with E-state index in [9.17, 15) is 4.79 Å². The van der Waals surface area contributed by atoms with Gasteiger partial charge in [-0.25, -0.2) is 0 Å². The van der Waals surface area contributed by atoms with Crippen LogP contribution in [0.3, 0.4) is 0 Å². The number of rotatable bonds is 5. The maximum absolute atomic E-state index is 13.3. The van der Waals surface area contributed by atoms with E-state index in [2.05, 4.69) is 5.32 Å². The van der Waals surface area contributed by atoms with Gasteiger partial charge in [-0.3, -0.25) is 9.69 Å². The van der Waals surface area contributed by atoms with Crippen molar-refractivity contribution in [3.63, 3.8) is 0 Å². The maximum atomic E-state index is 13.3. The van der Waals surface area contributed by atoms with E-state index in [0.717, 1.165) is 28.4 Å². The predicted octanol–water partition coefficient (Wildman–Crippen LogP) is 4.82. The zero-order chi connectivity index (χ0) is 20.2. The van der Waals surface area contributed by atoms with Gasteiger partial charge in [-0.1, -0.05) is 36.4 Å². The van der Waals surface area contributed by atoms with Crippen LogP contribution < -0.4 is 19.7 Å². The van der Waals surface area contributed by atoms with Gasteiger partial charge in [0.05, 0.1) is 19.8 Å². The molecule has 0 saturated carbocycles. The summed E-state index contributed by atoms with van der Waals surface area (Å²) in [4.78, 5) is 15.1. The minimum absolute atomic E-state index is 0.0563. The number of hydrogen-bond donors (Lipinski definition) is 1. The Morgan fingerprint density at radius 3 is 2.38 bits per heavy atom. The number of nitrogens with zero attached hydrogens (tertiary/aromatic N) is 1. The summed E-state index contributed by atoms with van der Waals surface area (Å²) in [6, 6.07) is 22.8. The van der Waals surface area contributed by atoms with Crippen molar-refractivity contribution >= 4 is 23.4 Å². The predicted molar refractivity (Wildman–Crippen MR) is 116 cm³/mol. The van der Waals surface area contributed by atoms with Gasteiger partial charge in [0.1, 0.15) is 17.7 Å². The third kappa shape index (κ3) is 3.67. The van der Waals surface area contributed by atoms with E-state index in [1.807, 2.05) is 84.9 Å². The minimum atomic E-state index is -0.351. The molecule has 0 radical (unpaired) electrons. The molecule has 0 spiro atoms. The van der Waals surface area contributed by atoms with Crippen LogP contribution in [0.4, 0.5) is 11.4 Å². The van der Waals surface area contributed by atoms with Crippen molar-refractivity contribution in [1.82, 2.24) is 0 Å². The second-order valence-electron chi connectivity index (χ2n) is 6.61. The molecule has 0 saturated heterocycles. The molecule has 29 heavy (non-hydrogen) atoms. The van der Waals surface area contributed by atoms with E-state index >= 15 is 0 Å². The maximum Gasteiger partial charge on any atom is 0.262 e. The van der Waals surface area contributed by atoms with E-state index in [1.165, 1.54) is 0 Å². The van der Waals surface area contributed by atoms with Crippen molar-refractivity contribution in [2.45, 2.75) is 6.17 Å². The van der Waals surface area contributed by atoms with Crippen molar-refractivity contribution < 1.29 is 14.3 Å². The highest BCUT2D eigenvalue weighted by molar-refractivity contribution is 6.12. The van der Waals surface area contributed by atoms with E-state index in [-0.39, 0.29) is 12.1 Å². The van der Waals surface area contributed by atoms with Gasteiger partial charge < -0.3 is 14.8 Å². The average Bonchev–Trinajstić information content (AvgIpc) is 2.78. The molecule has 0 aliphatic carbocycles. The average molecular weight is 386 g/mol. The van der Waals surface area contributed by atoms with Crippen LogP contribution in [-0.4, -0.2) is 26.3 Å². The highest BCUT2D eigenvalue weighted by Crippen LogP contribution is 2.31. The molecular formula is C24H22N2O3. The Kier molecular flexibility index (Phi) is 5.20. The van der Waals surface area contributed by atoms with Crippen LogP contribution in [0.1, 0.15) is 15.9 Å². The number of fused-ring (bicyclic) bond motifs is 1. The number of hydrogen-bond acceptors (Lipinski definition) is 4. The normalized spacial score (nSPS) is 15.7. The minimum Gasteiger partial charge on any atom is -0.497 e. The second-order valence-corrected chi connectivity index (χ2v) is 6.61. The zero-order valence-electron chi connectivity index (χ0n) is 16.3. The zero-order valence-corrected chi connectivity index (χ0v) is 16.3. The summed E-state index contributed by atoms with van der Waals surface area (Å²) in [5.74, 6) is 1.47. The van der Waals surface area contributed by atoms with Crippen LogP contribution in [-0.2, 0) is 0 Å². The molecule has 1 heterocycles. The van der Waals surface area contributed by atoms with Gasteiger partial charge in [-0.2, -0.15) is 0 Å². The summed E-state index contributed by atoms with van der Waals surface area (Å²) < 4.78 is 10.7. The fraction of sp³-hybridized carbons (Fsp3) is 0.125. The van der Waals surface area contributed by atoms with Crippen LogP contribution in [0.2, 0.25) is 0 Å². The fourth-order valence-corrected chi connectivity index (χ4v) is 3.43. The highest BCUT2D eigenvalue weighted by Gasteiger charge is 2.31. The summed E-state index contributed by atoms with van der Waals surface area (Å²) in [5.41, 5.74) is 3.19. The molecule has 0 unspecified atom stereocenters. The lowest BCUT2D eigenvalue weighted by atomic mass is 10.1. The van der Waals surface area contributed by atoms with Crippen molar-refractivity contribution in [2.24, 2.45) is 0 Å². The number of benzene rings is 3. The van der Waals surface area contributed by atoms with Gasteiger partial charge in [0.2, 0.25) is 0 Å². The molecule has 1 aliphatic heterocycles. The van der Waals surface area contributed by atoms with Crippen LogP contribution in [0.5, 0.6) is 11.5 Å². The van der Waals surface area contributed by atoms with Crippen LogP contribution in [0.25, 0.3) is 6.08 Å². The molecule has 146 valence electrons. The molecule has 4 rings (SSSR count). The number of nitrogens with one attached hydrogen (secondary N) is 1. The summed E-state index contributed by atoms with van der Waals surface area (Å²) in [5, 5.41) is 3.46. The number of amides is 1. The Balaban J connectivity index is 1.74. The van der Waals surface area contributed by atoms with Crippen LogP contribution >= 0.6 is 0 Å². The Hall–Kier alpha value is -3.73. The number of carbonyl (C=O) groups excluding carboxylic acids is 1. The van der Waals surface area contributed by atoms with Crippen molar-refractivity contribution in [3.05, 3.63) is 90.0 Å². The number of ether oxygens (including phenoxy) is 2. The monoisotopic (exact) mass is 386 g/mol. The standard InChI is InChI=1S/C24H22N2O3/c1-28-19-14-12-18(13-15-19)26-23(16-11-17-7-3-6-10-22(17)29-2)25-21-9-5-4-8-20(21)24(26)27/h3-16,23,25H,1-2H3/b16-11+/t23-/m1/s1. The quantitative estimate of drug-likeness (QED) is 0.683. The molecule has 1 aliphatic rings. The lowest BCUT2D eigenvalue weighted by Gasteiger charge is -2.36. The molecule has 1 amide bonds. The summed E-state index contributed by atoms with van der Waals surface area (Å²) in [6.07, 6.45) is 3.58. The first-order valence-electron chi connectivity index (χ1n) is 9.35. The fourth-order valence-electron chi connectivity index (χ4n) is 3.43. The topological polar surface area (TPSA) is 50.8 Å². The molecule has 0 fully saturated rings. The molecule has 3 aromatic rings. The molecular weight excluding hydrogens is 364 g/mol. The van der Waals surface area contributed by atoms with Gasteiger partial charge in [-0.15, -0.1) is 0 Å². The van der Waals surface area contributed by atoms with Gasteiger partial charge in [0, 0.05) is 16.9 Å². The lowest BCUT2D eigenvalue weighted by Crippen LogP contribution is -2.48. The molecule has 3 aromatic carbocycles. The molecule has 1 atom stereocenters. The van der Waals surface area contributed by atoms with Gasteiger partial charge in [-0.05, 0) is 48.5 Å². The Labute approximate surface area is 170 Å². The number of para-hydroxylation sites is 2. The SMILES string of the molecule is COc1ccc(N2C(=O)c3ccccc3N[C@H]2/C=C/c2ccccc2OC)cc1. The number of anilines is 2. The second kappa shape index (κ2) is 8.10. The van der Waals surface area contributed by atoms with Crippen molar-refractivity contribution in [2.75, 3.05) is 24.4 Å².